The number of anilines is 1. The molecule has 0 radical (unpaired) electrons. The van der Waals surface area contributed by atoms with Crippen LogP contribution in [-0.2, 0) is 4.74 Å². The SMILES string of the molecule is Nc1cc([C@@H]2CCCN(C[C@H]3CCOC3)C2)nc2cc(-c3ccco3)nn12. The summed E-state index contributed by atoms with van der Waals surface area (Å²) in [6, 6.07) is 7.67. The lowest BCUT2D eigenvalue weighted by molar-refractivity contribution is 0.149. The predicted octanol–water partition coefficient (Wildman–Crippen LogP) is 2.79. The lowest BCUT2D eigenvalue weighted by Crippen LogP contribution is -2.38. The second kappa shape index (κ2) is 6.98. The van der Waals surface area contributed by atoms with Gasteiger partial charge in [-0.25, -0.2) is 4.98 Å². The first-order valence-corrected chi connectivity index (χ1v) is 9.76. The standard InChI is InChI=1S/C20H25N5O2/c21-19-9-16(15-3-1-6-24(12-15)11-14-5-8-26-13-14)22-20-10-17(23-25(19)20)18-4-2-7-27-18/h2,4,7,9-10,14-15H,1,3,5-6,8,11-13,21H2/t14-,15-/m1/s1. The Morgan fingerprint density at radius 2 is 2.22 bits per heavy atom. The zero-order valence-corrected chi connectivity index (χ0v) is 15.4. The van der Waals surface area contributed by atoms with E-state index in [-0.39, 0.29) is 0 Å². The molecular formula is C20H25N5O2. The maximum absolute atomic E-state index is 6.30. The van der Waals surface area contributed by atoms with Crippen LogP contribution in [-0.4, -0.2) is 52.3 Å². The molecule has 5 heterocycles. The average molecular weight is 367 g/mol. The van der Waals surface area contributed by atoms with Crippen LogP contribution in [0.1, 0.15) is 30.9 Å². The monoisotopic (exact) mass is 367 g/mol. The van der Waals surface area contributed by atoms with Crippen LogP contribution in [0.25, 0.3) is 17.1 Å². The number of hydrogen-bond acceptors (Lipinski definition) is 6. The van der Waals surface area contributed by atoms with Crippen molar-refractivity contribution in [2.24, 2.45) is 5.92 Å². The highest BCUT2D eigenvalue weighted by Gasteiger charge is 2.26. The number of rotatable bonds is 4. The number of hydrogen-bond donors (Lipinski definition) is 1. The average Bonchev–Trinajstić information content (AvgIpc) is 3.43. The summed E-state index contributed by atoms with van der Waals surface area (Å²) in [7, 11) is 0. The van der Waals surface area contributed by atoms with Gasteiger partial charge in [0, 0.05) is 37.7 Å². The minimum Gasteiger partial charge on any atom is -0.463 e. The molecule has 7 nitrogen and oxygen atoms in total. The molecule has 3 aromatic heterocycles. The first-order chi connectivity index (χ1) is 13.3. The zero-order chi connectivity index (χ0) is 18.2. The highest BCUT2D eigenvalue weighted by molar-refractivity contribution is 5.61. The second-order valence-electron chi connectivity index (χ2n) is 7.71. The van der Waals surface area contributed by atoms with Gasteiger partial charge in [0.1, 0.15) is 11.5 Å². The second-order valence-corrected chi connectivity index (χ2v) is 7.71. The highest BCUT2D eigenvalue weighted by Crippen LogP contribution is 2.29. The Morgan fingerprint density at radius 3 is 3.04 bits per heavy atom. The molecule has 2 fully saturated rings. The quantitative estimate of drug-likeness (QED) is 0.764. The summed E-state index contributed by atoms with van der Waals surface area (Å²) in [5, 5.41) is 4.54. The fraction of sp³-hybridized carbons (Fsp3) is 0.500. The van der Waals surface area contributed by atoms with Crippen molar-refractivity contribution in [2.45, 2.75) is 25.2 Å². The Morgan fingerprint density at radius 1 is 1.26 bits per heavy atom. The number of fused-ring (bicyclic) bond motifs is 1. The van der Waals surface area contributed by atoms with Crippen LogP contribution in [0.2, 0.25) is 0 Å². The van der Waals surface area contributed by atoms with E-state index in [1.54, 1.807) is 10.8 Å². The molecule has 0 bridgehead atoms. The summed E-state index contributed by atoms with van der Waals surface area (Å²) in [5.74, 6) is 2.43. The topological polar surface area (TPSA) is 81.8 Å². The molecule has 27 heavy (non-hydrogen) atoms. The van der Waals surface area contributed by atoms with Crippen molar-refractivity contribution in [2.75, 3.05) is 38.6 Å². The van der Waals surface area contributed by atoms with E-state index in [1.807, 2.05) is 24.3 Å². The van der Waals surface area contributed by atoms with E-state index in [0.29, 0.717) is 17.7 Å². The van der Waals surface area contributed by atoms with Gasteiger partial charge in [0.25, 0.3) is 0 Å². The molecule has 5 rings (SSSR count). The van der Waals surface area contributed by atoms with Crippen molar-refractivity contribution >= 4 is 11.5 Å². The molecule has 0 aliphatic carbocycles. The van der Waals surface area contributed by atoms with E-state index in [1.165, 1.54) is 19.4 Å². The van der Waals surface area contributed by atoms with Crippen LogP contribution in [0.15, 0.2) is 34.9 Å². The Labute approximate surface area is 158 Å². The van der Waals surface area contributed by atoms with E-state index in [0.717, 1.165) is 55.5 Å². The van der Waals surface area contributed by atoms with Crippen LogP contribution in [0, 0.1) is 5.92 Å². The molecule has 2 saturated heterocycles. The van der Waals surface area contributed by atoms with Crippen LogP contribution < -0.4 is 5.73 Å². The number of piperidine rings is 1. The van der Waals surface area contributed by atoms with Crippen molar-refractivity contribution in [1.29, 1.82) is 0 Å². The van der Waals surface area contributed by atoms with E-state index in [2.05, 4.69) is 10.00 Å². The number of aromatic nitrogens is 3. The van der Waals surface area contributed by atoms with Crippen LogP contribution in [0.3, 0.4) is 0 Å². The van der Waals surface area contributed by atoms with Crippen LogP contribution in [0.4, 0.5) is 5.82 Å². The molecule has 2 aliphatic rings. The van der Waals surface area contributed by atoms with Gasteiger partial charge in [0.15, 0.2) is 11.4 Å². The minimum atomic E-state index is 0.412. The van der Waals surface area contributed by atoms with Crippen molar-refractivity contribution < 1.29 is 9.15 Å². The Kier molecular flexibility index (Phi) is 4.33. The first kappa shape index (κ1) is 16.8. The maximum Gasteiger partial charge on any atom is 0.158 e. The molecule has 0 saturated carbocycles. The molecule has 0 unspecified atom stereocenters. The highest BCUT2D eigenvalue weighted by atomic mass is 16.5. The third-order valence-electron chi connectivity index (χ3n) is 5.71. The summed E-state index contributed by atoms with van der Waals surface area (Å²) in [6.45, 7) is 5.15. The third-order valence-corrected chi connectivity index (χ3v) is 5.71. The summed E-state index contributed by atoms with van der Waals surface area (Å²) in [4.78, 5) is 7.45. The molecule has 0 amide bonds. The van der Waals surface area contributed by atoms with Gasteiger partial charge in [0.2, 0.25) is 0 Å². The Balaban J connectivity index is 1.38. The van der Waals surface area contributed by atoms with E-state index < -0.39 is 0 Å². The number of furan rings is 1. The minimum absolute atomic E-state index is 0.412. The van der Waals surface area contributed by atoms with Gasteiger partial charge in [-0.3, -0.25) is 0 Å². The third kappa shape index (κ3) is 3.33. The van der Waals surface area contributed by atoms with Gasteiger partial charge in [-0.05, 0) is 43.9 Å². The molecule has 7 heteroatoms. The summed E-state index contributed by atoms with van der Waals surface area (Å²) >= 11 is 0. The van der Waals surface area contributed by atoms with Gasteiger partial charge in [-0.2, -0.15) is 9.61 Å². The number of nitrogens with two attached hydrogens (primary N) is 1. The number of nitrogen functional groups attached to an aromatic ring is 1. The Hall–Kier alpha value is -2.38. The van der Waals surface area contributed by atoms with Gasteiger partial charge < -0.3 is 19.8 Å². The van der Waals surface area contributed by atoms with E-state index in [4.69, 9.17) is 19.9 Å². The van der Waals surface area contributed by atoms with Crippen LogP contribution >= 0.6 is 0 Å². The molecule has 0 spiro atoms. The molecule has 2 N–H and O–H groups in total. The number of ether oxygens (including phenoxy) is 1. The fourth-order valence-electron chi connectivity index (χ4n) is 4.33. The van der Waals surface area contributed by atoms with E-state index >= 15 is 0 Å². The molecule has 2 atom stereocenters. The molecular weight excluding hydrogens is 342 g/mol. The van der Waals surface area contributed by atoms with Gasteiger partial charge in [0.05, 0.1) is 18.6 Å². The number of likely N-dealkylation sites (tertiary alicyclic amines) is 1. The van der Waals surface area contributed by atoms with Crippen molar-refractivity contribution in [1.82, 2.24) is 19.5 Å². The lowest BCUT2D eigenvalue weighted by Gasteiger charge is -2.33. The zero-order valence-electron chi connectivity index (χ0n) is 15.4. The fourth-order valence-corrected chi connectivity index (χ4v) is 4.33. The van der Waals surface area contributed by atoms with Crippen LogP contribution in [0.5, 0.6) is 0 Å². The normalized spacial score (nSPS) is 24.0. The maximum atomic E-state index is 6.30. The molecule has 142 valence electrons. The molecule has 3 aromatic rings. The van der Waals surface area contributed by atoms with Gasteiger partial charge >= 0.3 is 0 Å². The predicted molar refractivity (Wildman–Crippen MR) is 102 cm³/mol. The largest absolute Gasteiger partial charge is 0.463 e. The van der Waals surface area contributed by atoms with E-state index in [9.17, 15) is 0 Å². The summed E-state index contributed by atoms with van der Waals surface area (Å²) in [6.07, 6.45) is 5.18. The first-order valence-electron chi connectivity index (χ1n) is 9.76. The van der Waals surface area contributed by atoms with Crippen molar-refractivity contribution in [3.8, 4) is 11.5 Å². The molecule has 0 aromatic carbocycles. The summed E-state index contributed by atoms with van der Waals surface area (Å²) < 4.78 is 12.7. The smallest absolute Gasteiger partial charge is 0.158 e. The van der Waals surface area contributed by atoms with Gasteiger partial charge in [-0.1, -0.05) is 0 Å². The summed E-state index contributed by atoms with van der Waals surface area (Å²) in [5.41, 5.74) is 8.89. The lowest BCUT2D eigenvalue weighted by atomic mass is 9.93. The van der Waals surface area contributed by atoms with Gasteiger partial charge in [-0.15, -0.1) is 0 Å². The van der Waals surface area contributed by atoms with Crippen molar-refractivity contribution in [3.05, 3.63) is 36.2 Å². The Bertz CT molecular complexity index is 914. The van der Waals surface area contributed by atoms with Crippen molar-refractivity contribution in [3.63, 3.8) is 0 Å². The molecule has 2 aliphatic heterocycles. The number of nitrogens with zero attached hydrogens (tertiary/aromatic N) is 4.